The number of unbranched alkanes of at least 4 members (excludes halogenated alkanes) is 69. The predicted octanol–water partition coefficient (Wildman–Crippen LogP) is 31.1. The summed E-state index contributed by atoms with van der Waals surface area (Å²) >= 11 is 0. The second kappa shape index (κ2) is 90.3. The number of ether oxygens (including phenoxy) is 4. The average Bonchev–Trinajstić information content (AvgIpc) is 0.901. The van der Waals surface area contributed by atoms with Crippen molar-refractivity contribution in [2.45, 2.75) is 560 Å². The van der Waals surface area contributed by atoms with E-state index in [0.29, 0.717) is 25.7 Å². The smallest absolute Gasteiger partial charge is 0.462 e. The first-order valence-electron chi connectivity index (χ1n) is 50.7. The van der Waals surface area contributed by atoms with Gasteiger partial charge in [-0.15, -0.1) is 0 Å². The van der Waals surface area contributed by atoms with Crippen molar-refractivity contribution >= 4 is 39.5 Å². The van der Waals surface area contributed by atoms with Crippen molar-refractivity contribution in [1.29, 1.82) is 0 Å². The van der Waals surface area contributed by atoms with Crippen LogP contribution in [0.15, 0.2) is 0 Å². The van der Waals surface area contributed by atoms with E-state index in [2.05, 4.69) is 34.6 Å². The summed E-state index contributed by atoms with van der Waals surface area (Å²) in [6.07, 6.45) is 89.1. The number of phosphoric acid groups is 2. The first-order chi connectivity index (χ1) is 57.1. The largest absolute Gasteiger partial charge is 0.472 e. The highest BCUT2D eigenvalue weighted by Crippen LogP contribution is 2.45. The summed E-state index contributed by atoms with van der Waals surface area (Å²) in [5.41, 5.74) is 0. The van der Waals surface area contributed by atoms with E-state index in [1.54, 1.807) is 0 Å². The zero-order valence-electron chi connectivity index (χ0n) is 77.4. The van der Waals surface area contributed by atoms with Crippen LogP contribution in [0.2, 0.25) is 0 Å². The maximum absolute atomic E-state index is 13.2. The molecule has 17 nitrogen and oxygen atoms in total. The van der Waals surface area contributed by atoms with Crippen molar-refractivity contribution in [3.63, 3.8) is 0 Å². The summed E-state index contributed by atoms with van der Waals surface area (Å²) in [6, 6.07) is 0. The maximum atomic E-state index is 13.2. The summed E-state index contributed by atoms with van der Waals surface area (Å²) in [7, 11) is -9.94. The van der Waals surface area contributed by atoms with Gasteiger partial charge in [0.25, 0.3) is 0 Å². The van der Waals surface area contributed by atoms with Gasteiger partial charge in [-0.2, -0.15) is 0 Å². The molecular formula is C98H192O17P2. The van der Waals surface area contributed by atoms with E-state index in [4.69, 9.17) is 37.0 Å². The van der Waals surface area contributed by atoms with Gasteiger partial charge >= 0.3 is 39.5 Å². The van der Waals surface area contributed by atoms with Crippen LogP contribution in [0.3, 0.4) is 0 Å². The third-order valence-electron chi connectivity index (χ3n) is 23.6. The fraction of sp³-hybridized carbons (Fsp3) is 0.959. The van der Waals surface area contributed by atoms with Gasteiger partial charge in [-0.05, 0) is 31.6 Å². The number of esters is 4. The van der Waals surface area contributed by atoms with Gasteiger partial charge in [-0.25, -0.2) is 9.13 Å². The van der Waals surface area contributed by atoms with Crippen molar-refractivity contribution in [1.82, 2.24) is 0 Å². The number of hydrogen-bond acceptors (Lipinski definition) is 15. The number of carbonyl (C=O) groups excluding carboxylic acids is 4. The second-order valence-corrected chi connectivity index (χ2v) is 38.3. The average molecular weight is 1700 g/mol. The lowest BCUT2D eigenvalue weighted by Gasteiger charge is -2.21. The molecule has 117 heavy (non-hydrogen) atoms. The molecule has 0 saturated heterocycles. The van der Waals surface area contributed by atoms with Crippen molar-refractivity contribution < 1.29 is 80.2 Å². The standard InChI is InChI=1S/C98H192O17P2/c1-6-10-13-16-19-22-25-28-30-32-34-36-38-43-47-52-57-62-67-72-77-82-96(101)109-88-94(115-98(103)84-79-74-69-64-59-54-49-45-41-40-42-46-51-55-60-65-70-75-80-91(5)9-4)90-113-117(106,107)111-86-92(99)85-110-116(104,105)112-89-93(87-108-95(100)81-76-71-66-61-56-50-27-24-21-18-15-12-8-3)114-97(102)83-78-73-68-63-58-53-48-44-39-37-35-33-31-29-26-23-20-17-14-11-7-2/h91-94,99H,6-90H2,1-5H3,(H,104,105)(H,106,107)/t91?,92-,93+,94+/m0/s1. The fourth-order valence-electron chi connectivity index (χ4n) is 15.6. The molecule has 696 valence electrons. The Hall–Kier alpha value is -1.94. The van der Waals surface area contributed by atoms with Crippen LogP contribution in [0, 0.1) is 5.92 Å². The van der Waals surface area contributed by atoms with Gasteiger partial charge in [-0.1, -0.05) is 490 Å². The molecule has 0 aliphatic heterocycles. The molecule has 0 aromatic heterocycles. The Labute approximate surface area is 721 Å². The first-order valence-corrected chi connectivity index (χ1v) is 53.7. The molecule has 0 aromatic carbocycles. The topological polar surface area (TPSA) is 237 Å². The van der Waals surface area contributed by atoms with Gasteiger partial charge in [0.2, 0.25) is 0 Å². The molecule has 0 aromatic rings. The Morgan fingerprint density at radius 2 is 0.410 bits per heavy atom. The van der Waals surface area contributed by atoms with E-state index in [1.807, 2.05) is 0 Å². The number of aliphatic hydroxyl groups is 1. The SMILES string of the molecule is CCCCCCCCCCCCCCCCCCCCCCCC(=O)OC[C@H](COP(=O)(O)OC[C@@H](O)COP(=O)(O)OC[C@@H](COC(=O)CCCCCCCCCCCCCCC)OC(=O)CCCCCCCCCCCCCCCCCCCCCCC)OC(=O)CCCCCCCCCCCCCCCCCCCCC(C)CC. The monoisotopic (exact) mass is 1700 g/mol. The molecule has 0 aliphatic rings. The van der Waals surface area contributed by atoms with Crippen LogP contribution in [0.1, 0.15) is 542 Å². The Kier molecular flexibility index (Phi) is 88.8. The summed E-state index contributed by atoms with van der Waals surface area (Å²) in [5.74, 6) is -1.21. The number of phosphoric ester groups is 2. The fourth-order valence-corrected chi connectivity index (χ4v) is 17.1. The summed E-state index contributed by atoms with van der Waals surface area (Å²) in [4.78, 5) is 73.7. The van der Waals surface area contributed by atoms with Gasteiger partial charge in [0, 0.05) is 25.7 Å². The lowest BCUT2D eigenvalue weighted by molar-refractivity contribution is -0.161. The van der Waals surface area contributed by atoms with Crippen LogP contribution >= 0.6 is 15.6 Å². The van der Waals surface area contributed by atoms with Gasteiger partial charge in [0.05, 0.1) is 26.4 Å². The van der Waals surface area contributed by atoms with E-state index in [-0.39, 0.29) is 25.7 Å². The zero-order valence-corrected chi connectivity index (χ0v) is 79.2. The Morgan fingerprint density at radius 3 is 0.607 bits per heavy atom. The Bertz CT molecular complexity index is 2210. The minimum atomic E-state index is -4.97. The molecule has 0 saturated carbocycles. The molecule has 0 radical (unpaired) electrons. The third-order valence-corrected chi connectivity index (χ3v) is 25.5. The van der Waals surface area contributed by atoms with Crippen molar-refractivity contribution in [3.8, 4) is 0 Å². The lowest BCUT2D eigenvalue weighted by atomic mass is 9.99. The zero-order chi connectivity index (χ0) is 85.4. The highest BCUT2D eigenvalue weighted by atomic mass is 31.2. The normalized spacial score (nSPS) is 13.8. The molecule has 3 N–H and O–H groups in total. The molecule has 0 heterocycles. The first kappa shape index (κ1) is 115. The molecule has 6 atom stereocenters. The number of aliphatic hydroxyl groups excluding tert-OH is 1. The summed E-state index contributed by atoms with van der Waals surface area (Å²) < 4.78 is 69.3. The van der Waals surface area contributed by atoms with Gasteiger partial charge in [-0.3, -0.25) is 37.3 Å². The predicted molar refractivity (Wildman–Crippen MR) is 488 cm³/mol. The Balaban J connectivity index is 5.24. The van der Waals surface area contributed by atoms with E-state index in [9.17, 15) is 43.2 Å². The third kappa shape index (κ3) is 90.1. The van der Waals surface area contributed by atoms with Gasteiger partial charge < -0.3 is 33.8 Å². The maximum Gasteiger partial charge on any atom is 0.472 e. The molecule has 0 spiro atoms. The quantitative estimate of drug-likeness (QED) is 0.0222. The minimum Gasteiger partial charge on any atom is -0.462 e. The molecule has 0 aliphatic carbocycles. The molecule has 0 fully saturated rings. The second-order valence-electron chi connectivity index (χ2n) is 35.4. The van der Waals surface area contributed by atoms with Gasteiger partial charge in [0.15, 0.2) is 12.2 Å². The van der Waals surface area contributed by atoms with E-state index < -0.39 is 97.5 Å². The van der Waals surface area contributed by atoms with Crippen molar-refractivity contribution in [2.24, 2.45) is 5.92 Å². The van der Waals surface area contributed by atoms with Crippen LogP contribution in [-0.2, 0) is 65.4 Å². The van der Waals surface area contributed by atoms with Crippen LogP contribution in [-0.4, -0.2) is 96.7 Å². The summed E-state index contributed by atoms with van der Waals surface area (Å²) in [5, 5.41) is 10.7. The van der Waals surface area contributed by atoms with Crippen LogP contribution in [0.4, 0.5) is 0 Å². The van der Waals surface area contributed by atoms with Gasteiger partial charge in [0.1, 0.15) is 19.3 Å². The molecule has 0 bridgehead atoms. The number of carbonyl (C=O) groups is 4. The highest BCUT2D eigenvalue weighted by Gasteiger charge is 2.31. The van der Waals surface area contributed by atoms with Crippen LogP contribution in [0.5, 0.6) is 0 Å². The van der Waals surface area contributed by atoms with Crippen molar-refractivity contribution in [2.75, 3.05) is 39.6 Å². The molecule has 0 amide bonds. The highest BCUT2D eigenvalue weighted by molar-refractivity contribution is 7.47. The number of rotatable bonds is 98. The van der Waals surface area contributed by atoms with E-state index >= 15 is 0 Å². The van der Waals surface area contributed by atoms with Crippen LogP contribution < -0.4 is 0 Å². The minimum absolute atomic E-state index is 0.110. The number of hydrogen-bond donors (Lipinski definition) is 3. The molecule has 0 rings (SSSR count). The lowest BCUT2D eigenvalue weighted by Crippen LogP contribution is -2.30. The molecule has 3 unspecified atom stereocenters. The Morgan fingerprint density at radius 1 is 0.239 bits per heavy atom. The van der Waals surface area contributed by atoms with Crippen molar-refractivity contribution in [3.05, 3.63) is 0 Å². The molecular weight excluding hydrogens is 1510 g/mol. The summed E-state index contributed by atoms with van der Waals surface area (Å²) in [6.45, 7) is 7.51. The molecule has 19 heteroatoms. The van der Waals surface area contributed by atoms with E-state index in [0.717, 1.165) is 95.8 Å². The van der Waals surface area contributed by atoms with E-state index in [1.165, 1.54) is 366 Å². The van der Waals surface area contributed by atoms with Crippen LogP contribution in [0.25, 0.3) is 0 Å².